The molecule has 1 amide bonds. The first-order valence-electron chi connectivity index (χ1n) is 5.35. The molecule has 0 spiro atoms. The number of hydrogen-bond acceptors (Lipinski definition) is 4. The van der Waals surface area contributed by atoms with Crippen molar-refractivity contribution in [2.24, 2.45) is 5.73 Å². The van der Waals surface area contributed by atoms with Crippen molar-refractivity contribution >= 4 is 17.3 Å². The first-order chi connectivity index (χ1) is 8.09. The van der Waals surface area contributed by atoms with E-state index in [0.29, 0.717) is 24.5 Å². The Hall–Kier alpha value is -1.82. The van der Waals surface area contributed by atoms with Gasteiger partial charge in [0.1, 0.15) is 12.3 Å². The minimum atomic E-state index is -0.625. The van der Waals surface area contributed by atoms with Gasteiger partial charge in [-0.15, -0.1) is 0 Å². The van der Waals surface area contributed by atoms with Crippen LogP contribution in [0.3, 0.4) is 0 Å². The summed E-state index contributed by atoms with van der Waals surface area (Å²) in [4.78, 5) is 11.5. The first-order valence-corrected chi connectivity index (χ1v) is 5.35. The fraction of sp³-hybridized carbons (Fsp3) is 0.364. The molecule has 0 bridgehead atoms. The Bertz CT molecular complexity index is 449. The topological polar surface area (TPSA) is 76.4 Å². The van der Waals surface area contributed by atoms with E-state index in [2.05, 4.69) is 10.6 Å². The molecule has 17 heavy (non-hydrogen) atoms. The highest BCUT2D eigenvalue weighted by Crippen LogP contribution is 2.37. The first kappa shape index (κ1) is 11.7. The fourth-order valence-corrected chi connectivity index (χ4v) is 1.55. The lowest BCUT2D eigenvalue weighted by molar-refractivity contribution is -0.117. The summed E-state index contributed by atoms with van der Waals surface area (Å²) >= 11 is 0. The fourth-order valence-electron chi connectivity index (χ4n) is 1.55. The van der Waals surface area contributed by atoms with Crippen molar-refractivity contribution in [3.8, 4) is 5.75 Å². The number of amides is 1. The van der Waals surface area contributed by atoms with Crippen LogP contribution >= 0.6 is 0 Å². The highest BCUT2D eigenvalue weighted by atomic mass is 19.1. The molecule has 1 atom stereocenters. The molecular weight excluding hydrogens is 225 g/mol. The predicted molar refractivity (Wildman–Crippen MR) is 62.7 cm³/mol. The quantitative estimate of drug-likeness (QED) is 0.717. The summed E-state index contributed by atoms with van der Waals surface area (Å²) in [5.74, 6) is -0.643. The number of benzene rings is 1. The van der Waals surface area contributed by atoms with Crippen LogP contribution in [0.4, 0.5) is 15.8 Å². The van der Waals surface area contributed by atoms with Gasteiger partial charge in [-0.3, -0.25) is 4.79 Å². The van der Waals surface area contributed by atoms with Crippen LogP contribution in [0.5, 0.6) is 5.75 Å². The number of rotatable bonds is 2. The summed E-state index contributed by atoms with van der Waals surface area (Å²) in [6.07, 6.45) is 0. The molecule has 0 fully saturated rings. The van der Waals surface area contributed by atoms with E-state index in [1.165, 1.54) is 12.1 Å². The maximum absolute atomic E-state index is 13.4. The summed E-state index contributed by atoms with van der Waals surface area (Å²) in [7, 11) is 0. The van der Waals surface area contributed by atoms with E-state index >= 15 is 0 Å². The van der Waals surface area contributed by atoms with E-state index in [1.807, 2.05) is 0 Å². The van der Waals surface area contributed by atoms with Crippen molar-refractivity contribution in [2.75, 3.05) is 23.8 Å². The van der Waals surface area contributed by atoms with Crippen molar-refractivity contribution in [1.29, 1.82) is 0 Å². The summed E-state index contributed by atoms with van der Waals surface area (Å²) in [5.41, 5.74) is 6.39. The van der Waals surface area contributed by atoms with Crippen molar-refractivity contribution in [1.82, 2.24) is 0 Å². The van der Waals surface area contributed by atoms with Gasteiger partial charge in [0.25, 0.3) is 0 Å². The molecule has 1 aromatic rings. The minimum Gasteiger partial charge on any atom is -0.486 e. The van der Waals surface area contributed by atoms with Gasteiger partial charge in [0.05, 0.1) is 11.7 Å². The molecule has 1 aliphatic rings. The van der Waals surface area contributed by atoms with Gasteiger partial charge < -0.3 is 21.1 Å². The lowest BCUT2D eigenvalue weighted by atomic mass is 10.2. The second-order valence-electron chi connectivity index (χ2n) is 3.85. The van der Waals surface area contributed by atoms with Crippen LogP contribution in [0.1, 0.15) is 6.92 Å². The van der Waals surface area contributed by atoms with Gasteiger partial charge in [-0.05, 0) is 19.1 Å². The van der Waals surface area contributed by atoms with Gasteiger partial charge in [0.15, 0.2) is 11.6 Å². The molecule has 6 heteroatoms. The maximum Gasteiger partial charge on any atom is 0.241 e. The van der Waals surface area contributed by atoms with Crippen molar-refractivity contribution in [2.45, 2.75) is 13.0 Å². The van der Waals surface area contributed by atoms with E-state index in [4.69, 9.17) is 10.5 Å². The van der Waals surface area contributed by atoms with Crippen LogP contribution in [0.2, 0.25) is 0 Å². The van der Waals surface area contributed by atoms with Gasteiger partial charge in [-0.1, -0.05) is 0 Å². The third kappa shape index (κ3) is 2.31. The van der Waals surface area contributed by atoms with Crippen molar-refractivity contribution in [3.05, 3.63) is 17.9 Å². The summed E-state index contributed by atoms with van der Waals surface area (Å²) < 4.78 is 18.7. The maximum atomic E-state index is 13.4. The zero-order valence-electron chi connectivity index (χ0n) is 9.42. The number of fused-ring (bicyclic) bond motifs is 1. The zero-order valence-corrected chi connectivity index (χ0v) is 9.42. The molecule has 0 saturated heterocycles. The molecule has 4 N–H and O–H groups in total. The van der Waals surface area contributed by atoms with Crippen molar-refractivity contribution < 1.29 is 13.9 Å². The molecule has 1 heterocycles. The van der Waals surface area contributed by atoms with Crippen LogP contribution in [0.15, 0.2) is 12.1 Å². The van der Waals surface area contributed by atoms with E-state index < -0.39 is 11.9 Å². The summed E-state index contributed by atoms with van der Waals surface area (Å²) in [6, 6.07) is 2.11. The third-order valence-corrected chi connectivity index (χ3v) is 2.43. The number of nitrogens with one attached hydrogen (secondary N) is 2. The highest BCUT2D eigenvalue weighted by molar-refractivity contribution is 5.98. The predicted octanol–water partition coefficient (Wildman–Crippen LogP) is 0.916. The number of halogens is 1. The molecule has 0 unspecified atom stereocenters. The second kappa shape index (κ2) is 4.58. The Morgan fingerprint density at radius 3 is 3.12 bits per heavy atom. The molecule has 2 rings (SSSR count). The molecule has 0 saturated carbocycles. The largest absolute Gasteiger partial charge is 0.486 e. The van der Waals surface area contributed by atoms with Gasteiger partial charge in [-0.25, -0.2) is 4.39 Å². The Kier molecular flexibility index (Phi) is 3.14. The van der Waals surface area contributed by atoms with E-state index in [9.17, 15) is 9.18 Å². The molecule has 0 aliphatic carbocycles. The average Bonchev–Trinajstić information content (AvgIpc) is 2.33. The standard InChI is InChI=1S/C11H14FN3O2/c1-6(13)11(16)15-8-3-2-7(12)10-9(8)14-4-5-17-10/h2-3,6,14H,4-5,13H2,1H3,(H,15,16)/t6-/m0/s1. The molecule has 92 valence electrons. The number of anilines is 2. The normalized spacial score (nSPS) is 15.2. The SMILES string of the molecule is C[C@H](N)C(=O)Nc1ccc(F)c2c1NCCO2. The molecule has 5 nitrogen and oxygen atoms in total. The Morgan fingerprint density at radius 1 is 1.65 bits per heavy atom. The van der Waals surface area contributed by atoms with Gasteiger partial charge >= 0.3 is 0 Å². The third-order valence-electron chi connectivity index (χ3n) is 2.43. The van der Waals surface area contributed by atoms with Gasteiger partial charge in [-0.2, -0.15) is 0 Å². The van der Waals surface area contributed by atoms with Crippen LogP contribution in [0, 0.1) is 5.82 Å². The average molecular weight is 239 g/mol. The van der Waals surface area contributed by atoms with Crippen LogP contribution < -0.4 is 21.1 Å². The monoisotopic (exact) mass is 239 g/mol. The smallest absolute Gasteiger partial charge is 0.241 e. The van der Waals surface area contributed by atoms with E-state index in [1.54, 1.807) is 6.92 Å². The summed E-state index contributed by atoms with van der Waals surface area (Å²) in [6.45, 7) is 2.54. The van der Waals surface area contributed by atoms with E-state index in [-0.39, 0.29) is 11.7 Å². The van der Waals surface area contributed by atoms with Crippen molar-refractivity contribution in [3.63, 3.8) is 0 Å². The van der Waals surface area contributed by atoms with Crippen LogP contribution in [-0.4, -0.2) is 25.1 Å². The van der Waals surface area contributed by atoms with Crippen LogP contribution in [0.25, 0.3) is 0 Å². The lowest BCUT2D eigenvalue weighted by Gasteiger charge is -2.22. The number of carbonyl (C=O) groups excluding carboxylic acids is 1. The molecule has 0 radical (unpaired) electrons. The lowest BCUT2D eigenvalue weighted by Crippen LogP contribution is -2.33. The second-order valence-corrected chi connectivity index (χ2v) is 3.85. The number of hydrogen-bond donors (Lipinski definition) is 3. The zero-order chi connectivity index (χ0) is 12.4. The summed E-state index contributed by atoms with van der Waals surface area (Å²) in [5, 5.41) is 5.62. The Labute approximate surface area is 98.1 Å². The van der Waals surface area contributed by atoms with Gasteiger partial charge in [0, 0.05) is 6.54 Å². The van der Waals surface area contributed by atoms with Gasteiger partial charge in [0.2, 0.25) is 5.91 Å². The number of carbonyl (C=O) groups is 1. The molecule has 0 aromatic heterocycles. The van der Waals surface area contributed by atoms with E-state index in [0.717, 1.165) is 0 Å². The van der Waals surface area contributed by atoms with Crippen LogP contribution in [-0.2, 0) is 4.79 Å². The number of ether oxygens (including phenoxy) is 1. The number of nitrogens with two attached hydrogens (primary N) is 1. The minimum absolute atomic E-state index is 0.138. The molecule has 1 aromatic carbocycles. The molecule has 1 aliphatic heterocycles. The Morgan fingerprint density at radius 2 is 2.41 bits per heavy atom. The Balaban J connectivity index is 2.32. The molecular formula is C11H14FN3O2. The highest BCUT2D eigenvalue weighted by Gasteiger charge is 2.20.